The minimum absolute atomic E-state index is 0.0431. The number of rotatable bonds is 2. The molecule has 5 heteroatoms. The van der Waals surface area contributed by atoms with E-state index in [4.69, 9.17) is 10.4 Å². The Balaban J connectivity index is 3.23. The standard InChI is InChI=1S/C7H5BrO4/c8-6-4(7(9)10)2-1-3-5(6)12-11/h1-3,11H,(H,9,10). The van der Waals surface area contributed by atoms with Crippen molar-refractivity contribution in [1.82, 2.24) is 0 Å². The van der Waals surface area contributed by atoms with Gasteiger partial charge in [0.25, 0.3) is 0 Å². The smallest absolute Gasteiger partial charge is 0.336 e. The van der Waals surface area contributed by atoms with Crippen molar-refractivity contribution < 1.29 is 20.0 Å². The molecule has 1 aromatic rings. The molecule has 4 nitrogen and oxygen atoms in total. The van der Waals surface area contributed by atoms with Crippen LogP contribution in [0.5, 0.6) is 5.75 Å². The molecule has 12 heavy (non-hydrogen) atoms. The van der Waals surface area contributed by atoms with Crippen molar-refractivity contribution in [3.63, 3.8) is 0 Å². The summed E-state index contributed by atoms with van der Waals surface area (Å²) in [7, 11) is 0. The van der Waals surface area contributed by atoms with Gasteiger partial charge in [-0.05, 0) is 28.1 Å². The molecule has 0 aliphatic rings. The third-order valence-corrected chi connectivity index (χ3v) is 2.11. The molecular weight excluding hydrogens is 228 g/mol. The first-order valence-corrected chi connectivity index (χ1v) is 3.79. The second-order valence-electron chi connectivity index (χ2n) is 2.01. The summed E-state index contributed by atoms with van der Waals surface area (Å²) in [5.74, 6) is -1.00. The van der Waals surface area contributed by atoms with Gasteiger partial charge in [-0.2, -0.15) is 0 Å². The van der Waals surface area contributed by atoms with Crippen LogP contribution in [0.4, 0.5) is 0 Å². The fourth-order valence-corrected chi connectivity index (χ4v) is 1.25. The van der Waals surface area contributed by atoms with E-state index in [1.54, 1.807) is 0 Å². The van der Waals surface area contributed by atoms with Crippen LogP contribution in [-0.2, 0) is 0 Å². The van der Waals surface area contributed by atoms with E-state index in [0.717, 1.165) is 0 Å². The highest BCUT2D eigenvalue weighted by molar-refractivity contribution is 9.10. The Kier molecular flexibility index (Phi) is 2.67. The highest BCUT2D eigenvalue weighted by Crippen LogP contribution is 2.27. The summed E-state index contributed by atoms with van der Waals surface area (Å²) in [4.78, 5) is 14.4. The molecule has 1 aromatic carbocycles. The molecule has 1 rings (SSSR count). The zero-order valence-corrected chi connectivity index (χ0v) is 7.41. The van der Waals surface area contributed by atoms with Gasteiger partial charge in [-0.25, -0.2) is 10.1 Å². The average Bonchev–Trinajstić information content (AvgIpc) is 2.04. The predicted octanol–water partition coefficient (Wildman–Crippen LogP) is 2.00. The third-order valence-electron chi connectivity index (χ3n) is 1.29. The van der Waals surface area contributed by atoms with Crippen molar-refractivity contribution in [3.05, 3.63) is 28.2 Å². The minimum atomic E-state index is -1.08. The Morgan fingerprint density at radius 1 is 1.50 bits per heavy atom. The summed E-state index contributed by atoms with van der Waals surface area (Å²) in [6.07, 6.45) is 0. The van der Waals surface area contributed by atoms with E-state index in [2.05, 4.69) is 20.8 Å². The van der Waals surface area contributed by atoms with Gasteiger partial charge in [-0.15, -0.1) is 0 Å². The van der Waals surface area contributed by atoms with Crippen LogP contribution in [0, 0.1) is 0 Å². The van der Waals surface area contributed by atoms with E-state index < -0.39 is 5.97 Å². The Hall–Kier alpha value is -1.07. The van der Waals surface area contributed by atoms with Crippen LogP contribution < -0.4 is 4.89 Å². The van der Waals surface area contributed by atoms with Crippen LogP contribution in [0.1, 0.15) is 10.4 Å². The Morgan fingerprint density at radius 3 is 2.67 bits per heavy atom. The molecule has 0 aliphatic carbocycles. The van der Waals surface area contributed by atoms with E-state index in [-0.39, 0.29) is 15.8 Å². The molecule has 0 saturated carbocycles. The molecule has 0 heterocycles. The quantitative estimate of drug-likeness (QED) is 0.605. The summed E-state index contributed by atoms with van der Waals surface area (Å²) in [5.41, 5.74) is 0.0431. The van der Waals surface area contributed by atoms with Gasteiger partial charge in [-0.1, -0.05) is 6.07 Å². The fourth-order valence-electron chi connectivity index (χ4n) is 0.746. The first-order valence-electron chi connectivity index (χ1n) is 3.00. The molecule has 2 N–H and O–H groups in total. The summed E-state index contributed by atoms with van der Waals surface area (Å²) in [5, 5.41) is 16.9. The van der Waals surface area contributed by atoms with Crippen LogP contribution in [0.3, 0.4) is 0 Å². The van der Waals surface area contributed by atoms with Gasteiger partial charge >= 0.3 is 5.97 Å². The van der Waals surface area contributed by atoms with Crippen molar-refractivity contribution in [3.8, 4) is 5.75 Å². The molecule has 64 valence electrons. The van der Waals surface area contributed by atoms with Gasteiger partial charge in [0.05, 0.1) is 10.0 Å². The number of carboxylic acids is 1. The van der Waals surface area contributed by atoms with E-state index in [1.165, 1.54) is 18.2 Å². The van der Waals surface area contributed by atoms with Crippen molar-refractivity contribution in [1.29, 1.82) is 0 Å². The normalized spacial score (nSPS) is 9.50. The summed E-state index contributed by atoms with van der Waals surface area (Å²) >= 11 is 2.98. The maximum Gasteiger partial charge on any atom is 0.336 e. The maximum absolute atomic E-state index is 10.5. The van der Waals surface area contributed by atoms with Gasteiger partial charge in [0.2, 0.25) is 0 Å². The predicted molar refractivity (Wildman–Crippen MR) is 44.4 cm³/mol. The molecule has 0 amide bonds. The van der Waals surface area contributed by atoms with Crippen LogP contribution in [-0.4, -0.2) is 16.3 Å². The Morgan fingerprint density at radius 2 is 2.17 bits per heavy atom. The molecule has 0 spiro atoms. The molecule has 0 fully saturated rings. The first-order chi connectivity index (χ1) is 5.66. The summed E-state index contributed by atoms with van der Waals surface area (Å²) in [6.45, 7) is 0. The van der Waals surface area contributed by atoms with Gasteiger partial charge in [0, 0.05) is 0 Å². The third kappa shape index (κ3) is 1.57. The first kappa shape index (κ1) is 9.02. The molecule has 0 atom stereocenters. The van der Waals surface area contributed by atoms with Crippen LogP contribution >= 0.6 is 15.9 Å². The Labute approximate surface area is 76.5 Å². The van der Waals surface area contributed by atoms with Crippen molar-refractivity contribution >= 4 is 21.9 Å². The lowest BCUT2D eigenvalue weighted by atomic mass is 10.2. The molecule has 0 aliphatic heterocycles. The number of aromatic carboxylic acids is 1. The number of hydrogen-bond donors (Lipinski definition) is 2. The van der Waals surface area contributed by atoms with Crippen molar-refractivity contribution in [2.24, 2.45) is 0 Å². The summed E-state index contributed by atoms with van der Waals surface area (Å²) < 4.78 is 0.222. The van der Waals surface area contributed by atoms with E-state index in [9.17, 15) is 4.79 Å². The highest BCUT2D eigenvalue weighted by Gasteiger charge is 2.11. The highest BCUT2D eigenvalue weighted by atomic mass is 79.9. The number of benzene rings is 1. The van der Waals surface area contributed by atoms with Crippen LogP contribution in [0.2, 0.25) is 0 Å². The van der Waals surface area contributed by atoms with E-state index in [1.807, 2.05) is 0 Å². The van der Waals surface area contributed by atoms with Crippen molar-refractivity contribution in [2.45, 2.75) is 0 Å². The number of carbonyl (C=O) groups is 1. The number of halogens is 1. The number of carboxylic acid groups (broad SMARTS) is 1. The van der Waals surface area contributed by atoms with Gasteiger partial charge in [0.15, 0.2) is 5.75 Å². The molecule has 0 unspecified atom stereocenters. The summed E-state index contributed by atoms with van der Waals surface area (Å²) in [6, 6.07) is 4.31. The molecular formula is C7H5BrO4. The molecule has 0 radical (unpaired) electrons. The van der Waals surface area contributed by atoms with Crippen LogP contribution in [0.15, 0.2) is 22.7 Å². The second kappa shape index (κ2) is 3.55. The minimum Gasteiger partial charge on any atom is -0.478 e. The topological polar surface area (TPSA) is 66.8 Å². The molecule has 0 saturated heterocycles. The SMILES string of the molecule is O=C(O)c1cccc(OO)c1Br. The zero-order valence-electron chi connectivity index (χ0n) is 5.82. The van der Waals surface area contributed by atoms with Gasteiger partial charge in [-0.3, -0.25) is 0 Å². The van der Waals surface area contributed by atoms with E-state index >= 15 is 0 Å². The lowest BCUT2D eigenvalue weighted by Crippen LogP contribution is -1.98. The monoisotopic (exact) mass is 232 g/mol. The lowest BCUT2D eigenvalue weighted by Gasteiger charge is -2.02. The maximum atomic E-state index is 10.5. The number of hydrogen-bond acceptors (Lipinski definition) is 3. The van der Waals surface area contributed by atoms with Crippen LogP contribution in [0.25, 0.3) is 0 Å². The molecule has 0 bridgehead atoms. The Bertz CT molecular complexity index is 310. The molecule has 0 aromatic heterocycles. The van der Waals surface area contributed by atoms with E-state index in [0.29, 0.717) is 0 Å². The second-order valence-corrected chi connectivity index (χ2v) is 2.81. The largest absolute Gasteiger partial charge is 0.478 e. The van der Waals surface area contributed by atoms with Gasteiger partial charge in [0.1, 0.15) is 0 Å². The average molecular weight is 233 g/mol. The van der Waals surface area contributed by atoms with Gasteiger partial charge < -0.3 is 9.99 Å². The van der Waals surface area contributed by atoms with Crippen molar-refractivity contribution in [2.75, 3.05) is 0 Å². The zero-order chi connectivity index (χ0) is 9.14. The fraction of sp³-hybridized carbons (Fsp3) is 0. The lowest BCUT2D eigenvalue weighted by molar-refractivity contribution is -0.138.